The summed E-state index contributed by atoms with van der Waals surface area (Å²) >= 11 is 0. The van der Waals surface area contributed by atoms with Gasteiger partial charge < -0.3 is 9.84 Å². The third-order valence-electron chi connectivity index (χ3n) is 2.30. The molecule has 0 aliphatic carbocycles. The van der Waals surface area contributed by atoms with Gasteiger partial charge in [0.25, 0.3) is 0 Å². The third-order valence-corrected chi connectivity index (χ3v) is 2.30. The first kappa shape index (κ1) is 11.1. The van der Waals surface area contributed by atoms with Crippen LogP contribution in [0.1, 0.15) is 18.9 Å². The van der Waals surface area contributed by atoms with Gasteiger partial charge >= 0.3 is 0 Å². The van der Waals surface area contributed by atoms with Crippen LogP contribution in [0.4, 0.5) is 0 Å². The summed E-state index contributed by atoms with van der Waals surface area (Å²) in [7, 11) is 1.63. The van der Waals surface area contributed by atoms with E-state index in [1.54, 1.807) is 19.5 Å². The molecule has 1 heterocycles. The molecule has 0 aromatic carbocycles. The van der Waals surface area contributed by atoms with Crippen molar-refractivity contribution >= 4 is 0 Å². The van der Waals surface area contributed by atoms with E-state index in [-0.39, 0.29) is 6.10 Å². The molecule has 1 rings (SSSR count). The van der Waals surface area contributed by atoms with Gasteiger partial charge in [0.1, 0.15) is 0 Å². The highest BCUT2D eigenvalue weighted by atomic mass is 16.5. The van der Waals surface area contributed by atoms with Gasteiger partial charge in [0.15, 0.2) is 0 Å². The van der Waals surface area contributed by atoms with Crippen LogP contribution in [0.3, 0.4) is 0 Å². The van der Waals surface area contributed by atoms with E-state index >= 15 is 0 Å². The lowest BCUT2D eigenvalue weighted by molar-refractivity contribution is -0.0128. The summed E-state index contributed by atoms with van der Waals surface area (Å²) in [6, 6.07) is 3.83. The summed E-state index contributed by atoms with van der Waals surface area (Å²) in [5, 5.41) is 9.81. The summed E-state index contributed by atoms with van der Waals surface area (Å²) in [6.45, 7) is 2.00. The number of nitrogens with zero attached hydrogens (tertiary/aromatic N) is 1. The maximum atomic E-state index is 9.81. The number of aromatic nitrogens is 1. The van der Waals surface area contributed by atoms with E-state index in [4.69, 9.17) is 4.74 Å². The molecule has 0 amide bonds. The van der Waals surface area contributed by atoms with Gasteiger partial charge in [-0.1, -0.05) is 13.0 Å². The van der Waals surface area contributed by atoms with Gasteiger partial charge in [-0.3, -0.25) is 4.98 Å². The molecule has 0 bridgehead atoms. The Kier molecular flexibility index (Phi) is 4.56. The molecule has 0 fully saturated rings. The van der Waals surface area contributed by atoms with Gasteiger partial charge in [0, 0.05) is 25.9 Å². The molecular formula is C11H17NO2. The highest BCUT2D eigenvalue weighted by Crippen LogP contribution is 2.09. The fourth-order valence-electron chi connectivity index (χ4n) is 1.49. The normalized spacial score (nSPS) is 15.1. The second-order valence-electron chi connectivity index (χ2n) is 3.32. The van der Waals surface area contributed by atoms with Crippen molar-refractivity contribution in [3.63, 3.8) is 0 Å². The Bertz CT molecular complexity index is 247. The molecule has 3 nitrogen and oxygen atoms in total. The average Bonchev–Trinajstić information content (AvgIpc) is 2.21. The molecular weight excluding hydrogens is 178 g/mol. The Labute approximate surface area is 84.7 Å². The van der Waals surface area contributed by atoms with Crippen molar-refractivity contribution in [1.29, 1.82) is 0 Å². The summed E-state index contributed by atoms with van der Waals surface area (Å²) in [5.41, 5.74) is 1.04. The van der Waals surface area contributed by atoms with Crippen LogP contribution in [-0.2, 0) is 11.2 Å². The van der Waals surface area contributed by atoms with Crippen LogP contribution < -0.4 is 0 Å². The fraction of sp³-hybridized carbons (Fsp3) is 0.545. The predicted molar refractivity (Wildman–Crippen MR) is 55.0 cm³/mol. The highest BCUT2D eigenvalue weighted by Gasteiger charge is 2.16. The molecule has 0 saturated heterocycles. The Hall–Kier alpha value is -0.930. The Balaban J connectivity index is 2.52. The first-order valence-electron chi connectivity index (χ1n) is 4.87. The minimum Gasteiger partial charge on any atom is -0.390 e. The number of aliphatic hydroxyl groups is 1. The van der Waals surface area contributed by atoms with Crippen LogP contribution in [0.15, 0.2) is 24.5 Å². The molecule has 0 aliphatic rings. The number of methoxy groups -OCH3 is 1. The van der Waals surface area contributed by atoms with Gasteiger partial charge in [-0.05, 0) is 18.1 Å². The van der Waals surface area contributed by atoms with Gasteiger partial charge in [-0.15, -0.1) is 0 Å². The molecule has 3 heteroatoms. The van der Waals surface area contributed by atoms with Gasteiger partial charge in [0.2, 0.25) is 0 Å². The summed E-state index contributed by atoms with van der Waals surface area (Å²) in [4.78, 5) is 4.00. The zero-order valence-electron chi connectivity index (χ0n) is 8.68. The van der Waals surface area contributed by atoms with Gasteiger partial charge in [-0.25, -0.2) is 0 Å². The molecule has 14 heavy (non-hydrogen) atoms. The minimum absolute atomic E-state index is 0.0878. The summed E-state index contributed by atoms with van der Waals surface area (Å²) in [5.74, 6) is 0. The maximum Gasteiger partial charge on any atom is 0.0842 e. The molecule has 1 aromatic rings. The van der Waals surface area contributed by atoms with E-state index in [0.29, 0.717) is 6.42 Å². The third kappa shape index (κ3) is 3.09. The van der Waals surface area contributed by atoms with E-state index in [2.05, 4.69) is 4.98 Å². The molecule has 2 atom stereocenters. The first-order chi connectivity index (χ1) is 6.77. The van der Waals surface area contributed by atoms with Crippen molar-refractivity contribution < 1.29 is 9.84 Å². The van der Waals surface area contributed by atoms with Crippen LogP contribution in [0.2, 0.25) is 0 Å². The Morgan fingerprint density at radius 1 is 1.57 bits per heavy atom. The second kappa shape index (κ2) is 5.73. The zero-order valence-corrected chi connectivity index (χ0v) is 8.68. The maximum absolute atomic E-state index is 9.81. The van der Waals surface area contributed by atoms with Crippen molar-refractivity contribution in [1.82, 2.24) is 4.98 Å². The van der Waals surface area contributed by atoms with Crippen LogP contribution in [0.25, 0.3) is 0 Å². The topological polar surface area (TPSA) is 42.4 Å². The van der Waals surface area contributed by atoms with Crippen molar-refractivity contribution in [2.24, 2.45) is 0 Å². The van der Waals surface area contributed by atoms with Crippen LogP contribution in [0, 0.1) is 0 Å². The summed E-state index contributed by atoms with van der Waals surface area (Å²) < 4.78 is 5.16. The molecule has 78 valence electrons. The van der Waals surface area contributed by atoms with E-state index in [1.165, 1.54) is 0 Å². The Morgan fingerprint density at radius 3 is 2.86 bits per heavy atom. The monoisotopic (exact) mass is 195 g/mol. The lowest BCUT2D eigenvalue weighted by Gasteiger charge is -2.19. The molecule has 0 spiro atoms. The van der Waals surface area contributed by atoms with E-state index < -0.39 is 6.10 Å². The lowest BCUT2D eigenvalue weighted by Crippen LogP contribution is -2.29. The number of hydrogen-bond acceptors (Lipinski definition) is 3. The molecule has 0 saturated carbocycles. The lowest BCUT2D eigenvalue weighted by atomic mass is 10.0. The van der Waals surface area contributed by atoms with E-state index in [0.717, 1.165) is 12.0 Å². The van der Waals surface area contributed by atoms with Gasteiger partial charge in [0.05, 0.1) is 12.2 Å². The first-order valence-corrected chi connectivity index (χ1v) is 4.87. The van der Waals surface area contributed by atoms with E-state index in [9.17, 15) is 5.11 Å². The van der Waals surface area contributed by atoms with Crippen molar-refractivity contribution in [2.45, 2.75) is 32.0 Å². The van der Waals surface area contributed by atoms with Crippen molar-refractivity contribution in [2.75, 3.05) is 7.11 Å². The van der Waals surface area contributed by atoms with Crippen LogP contribution in [0.5, 0.6) is 0 Å². The van der Waals surface area contributed by atoms with Crippen molar-refractivity contribution in [3.8, 4) is 0 Å². The molecule has 1 N–H and O–H groups in total. The van der Waals surface area contributed by atoms with E-state index in [1.807, 2.05) is 19.1 Å². The second-order valence-corrected chi connectivity index (χ2v) is 3.32. The molecule has 0 aliphatic heterocycles. The summed E-state index contributed by atoms with van der Waals surface area (Å²) in [6.07, 6.45) is 4.37. The van der Waals surface area contributed by atoms with Crippen LogP contribution >= 0.6 is 0 Å². The largest absolute Gasteiger partial charge is 0.390 e. The predicted octanol–water partition coefficient (Wildman–Crippen LogP) is 1.41. The number of pyridine rings is 1. The number of ether oxygens (including phenoxy) is 1. The molecule has 2 unspecified atom stereocenters. The zero-order chi connectivity index (χ0) is 10.4. The van der Waals surface area contributed by atoms with Gasteiger partial charge in [-0.2, -0.15) is 0 Å². The number of rotatable bonds is 5. The molecule has 0 radical (unpaired) electrons. The quantitative estimate of drug-likeness (QED) is 0.772. The minimum atomic E-state index is -0.450. The number of hydrogen-bond donors (Lipinski definition) is 1. The SMILES string of the molecule is CCC(OC)C(O)Cc1cccnc1. The fourth-order valence-corrected chi connectivity index (χ4v) is 1.49. The smallest absolute Gasteiger partial charge is 0.0842 e. The Morgan fingerprint density at radius 2 is 2.36 bits per heavy atom. The average molecular weight is 195 g/mol. The van der Waals surface area contributed by atoms with Crippen molar-refractivity contribution in [3.05, 3.63) is 30.1 Å². The van der Waals surface area contributed by atoms with Crippen LogP contribution in [-0.4, -0.2) is 29.4 Å². The standard InChI is InChI=1S/C11H17NO2/c1-3-11(14-2)10(13)7-9-5-4-6-12-8-9/h4-6,8,10-11,13H,3,7H2,1-2H3. The molecule has 1 aromatic heterocycles. The highest BCUT2D eigenvalue weighted by molar-refractivity contribution is 5.09. The number of aliphatic hydroxyl groups excluding tert-OH is 1.